The van der Waals surface area contributed by atoms with Crippen LogP contribution in [0.3, 0.4) is 0 Å². The Morgan fingerprint density at radius 1 is 0.861 bits per heavy atom. The summed E-state index contributed by atoms with van der Waals surface area (Å²) in [6, 6.07) is 10.3. The van der Waals surface area contributed by atoms with Crippen LogP contribution in [0.5, 0.6) is 11.5 Å². The van der Waals surface area contributed by atoms with Gasteiger partial charge in [-0.2, -0.15) is 0 Å². The lowest BCUT2D eigenvalue weighted by atomic mass is 9.79. The van der Waals surface area contributed by atoms with Crippen LogP contribution in [0.15, 0.2) is 36.4 Å². The van der Waals surface area contributed by atoms with Gasteiger partial charge in [-0.05, 0) is 80.9 Å². The summed E-state index contributed by atoms with van der Waals surface area (Å²) in [4.78, 5) is 22.7. The first kappa shape index (κ1) is 27.5. The molecule has 2 aliphatic heterocycles. The predicted molar refractivity (Wildman–Crippen MR) is 131 cm³/mol. The number of aliphatic carboxylic acids is 1. The van der Waals surface area contributed by atoms with Crippen LogP contribution in [0.4, 0.5) is 0 Å². The lowest BCUT2D eigenvalue weighted by molar-refractivity contribution is -0.158. The molecule has 0 unspecified atom stereocenters. The SMILES string of the molecule is CC(C)(Oc1ccc2c(c1)B(O)OC2)C(=O)O.CCOC(=O)C(C)(C)Oc1ccc2c(c1)B(O)OC2. The molecule has 0 atom stereocenters. The lowest BCUT2D eigenvalue weighted by Gasteiger charge is -2.24. The zero-order valence-electron chi connectivity index (χ0n) is 20.9. The monoisotopic (exact) mass is 500 g/mol. The molecule has 2 heterocycles. The van der Waals surface area contributed by atoms with E-state index in [-0.39, 0.29) is 0 Å². The number of benzene rings is 2. The van der Waals surface area contributed by atoms with Gasteiger partial charge in [-0.1, -0.05) is 12.1 Å². The molecule has 36 heavy (non-hydrogen) atoms. The fourth-order valence-corrected chi connectivity index (χ4v) is 3.49. The Morgan fingerprint density at radius 2 is 1.31 bits per heavy atom. The Kier molecular flexibility index (Phi) is 8.35. The summed E-state index contributed by atoms with van der Waals surface area (Å²) in [5.41, 5.74) is 0.737. The molecular formula is C24H30B2O10. The van der Waals surface area contributed by atoms with Gasteiger partial charge in [0.25, 0.3) is 0 Å². The standard InChI is InChI=1S/C13H17BO5.C11H13BO5/c1-4-17-12(15)13(2,3)19-10-6-5-9-8-18-14(16)11(9)7-10;1-11(2,10(13)14)17-8-4-3-7-6-16-12(15)9(7)5-8/h5-7,16H,4,8H2,1-3H3;3-5,15H,6H2,1-2H3,(H,13,14). The molecule has 0 aromatic heterocycles. The van der Waals surface area contributed by atoms with Crippen LogP contribution in [-0.2, 0) is 36.8 Å². The first-order valence-corrected chi connectivity index (χ1v) is 11.5. The van der Waals surface area contributed by atoms with Gasteiger partial charge in [-0.15, -0.1) is 0 Å². The van der Waals surface area contributed by atoms with E-state index in [0.717, 1.165) is 11.1 Å². The summed E-state index contributed by atoms with van der Waals surface area (Å²) in [6.45, 7) is 9.03. The smallest absolute Gasteiger partial charge is 0.478 e. The van der Waals surface area contributed by atoms with E-state index in [9.17, 15) is 19.6 Å². The molecule has 0 saturated heterocycles. The molecule has 0 fully saturated rings. The van der Waals surface area contributed by atoms with Crippen LogP contribution in [0, 0.1) is 0 Å². The molecule has 0 bridgehead atoms. The summed E-state index contributed by atoms with van der Waals surface area (Å²) in [5, 5.41) is 28.1. The van der Waals surface area contributed by atoms with Gasteiger partial charge >= 0.3 is 26.2 Å². The first-order chi connectivity index (χ1) is 16.8. The number of hydrogen-bond donors (Lipinski definition) is 3. The highest BCUT2D eigenvalue weighted by atomic mass is 16.6. The van der Waals surface area contributed by atoms with Crippen molar-refractivity contribution in [2.75, 3.05) is 6.61 Å². The van der Waals surface area contributed by atoms with E-state index in [1.807, 2.05) is 6.07 Å². The molecule has 0 amide bonds. The van der Waals surface area contributed by atoms with E-state index in [1.54, 1.807) is 51.1 Å². The van der Waals surface area contributed by atoms with Crippen molar-refractivity contribution in [1.82, 2.24) is 0 Å². The highest BCUT2D eigenvalue weighted by Gasteiger charge is 2.34. The number of carboxylic acids is 1. The molecule has 0 aliphatic carbocycles. The van der Waals surface area contributed by atoms with Crippen molar-refractivity contribution in [3.05, 3.63) is 47.5 Å². The van der Waals surface area contributed by atoms with Gasteiger partial charge in [0.05, 0.1) is 19.8 Å². The first-order valence-electron chi connectivity index (χ1n) is 11.5. The maximum atomic E-state index is 11.7. The quantitative estimate of drug-likeness (QED) is 0.369. The van der Waals surface area contributed by atoms with Crippen LogP contribution in [0.1, 0.15) is 45.7 Å². The minimum absolute atomic E-state index is 0.308. The van der Waals surface area contributed by atoms with E-state index in [2.05, 4.69) is 0 Å². The van der Waals surface area contributed by atoms with Crippen molar-refractivity contribution in [2.24, 2.45) is 0 Å². The largest absolute Gasteiger partial charge is 0.491 e. The predicted octanol–water partition coefficient (Wildman–Crippen LogP) is 0.771. The molecule has 12 heteroatoms. The number of esters is 1. The van der Waals surface area contributed by atoms with Gasteiger partial charge < -0.3 is 38.7 Å². The van der Waals surface area contributed by atoms with Crippen molar-refractivity contribution in [3.8, 4) is 11.5 Å². The maximum absolute atomic E-state index is 11.7. The number of hydrogen-bond acceptors (Lipinski definition) is 9. The number of carboxylic acid groups (broad SMARTS) is 1. The van der Waals surface area contributed by atoms with Crippen molar-refractivity contribution >= 4 is 37.1 Å². The van der Waals surface area contributed by atoms with E-state index in [1.165, 1.54) is 13.8 Å². The number of carbonyl (C=O) groups excluding carboxylic acids is 1. The van der Waals surface area contributed by atoms with E-state index >= 15 is 0 Å². The molecule has 0 radical (unpaired) electrons. The lowest BCUT2D eigenvalue weighted by Crippen LogP contribution is -2.40. The molecule has 192 valence electrons. The van der Waals surface area contributed by atoms with Crippen molar-refractivity contribution in [2.45, 2.75) is 59.0 Å². The fraction of sp³-hybridized carbons (Fsp3) is 0.417. The van der Waals surface area contributed by atoms with Crippen LogP contribution in [0.25, 0.3) is 0 Å². The number of rotatable bonds is 7. The molecule has 2 aromatic rings. The third kappa shape index (κ3) is 6.38. The molecule has 0 saturated carbocycles. The van der Waals surface area contributed by atoms with E-state index < -0.39 is 37.4 Å². The van der Waals surface area contributed by atoms with Crippen LogP contribution in [0.2, 0.25) is 0 Å². The van der Waals surface area contributed by atoms with Crippen LogP contribution in [-0.4, -0.2) is 59.1 Å². The topological polar surface area (TPSA) is 141 Å². The fourth-order valence-electron chi connectivity index (χ4n) is 3.49. The Labute approximate surface area is 210 Å². The van der Waals surface area contributed by atoms with Gasteiger partial charge in [-0.3, -0.25) is 0 Å². The third-order valence-corrected chi connectivity index (χ3v) is 5.59. The Morgan fingerprint density at radius 3 is 1.72 bits per heavy atom. The zero-order chi connectivity index (χ0) is 26.7. The van der Waals surface area contributed by atoms with Crippen molar-refractivity contribution in [3.63, 3.8) is 0 Å². The summed E-state index contributed by atoms with van der Waals surface area (Å²) < 4.78 is 26.1. The van der Waals surface area contributed by atoms with E-state index in [4.69, 9.17) is 28.6 Å². The molecular weight excluding hydrogens is 470 g/mol. The van der Waals surface area contributed by atoms with Gasteiger partial charge in [0.1, 0.15) is 11.5 Å². The molecule has 2 aromatic carbocycles. The van der Waals surface area contributed by atoms with Gasteiger partial charge in [0.15, 0.2) is 11.2 Å². The average Bonchev–Trinajstić information content (AvgIpc) is 3.36. The maximum Gasteiger partial charge on any atom is 0.491 e. The molecule has 0 spiro atoms. The van der Waals surface area contributed by atoms with E-state index in [0.29, 0.717) is 42.2 Å². The summed E-state index contributed by atoms with van der Waals surface area (Å²) in [7, 11) is -1.88. The molecule has 4 rings (SSSR count). The highest BCUT2D eigenvalue weighted by molar-refractivity contribution is 6.62. The Hall–Kier alpha value is -3.05. The van der Waals surface area contributed by atoms with Crippen molar-refractivity contribution < 1.29 is 48.3 Å². The second-order valence-corrected chi connectivity index (χ2v) is 9.30. The zero-order valence-corrected chi connectivity index (χ0v) is 20.9. The van der Waals surface area contributed by atoms with Crippen LogP contribution >= 0.6 is 0 Å². The normalized spacial score (nSPS) is 14.4. The van der Waals surface area contributed by atoms with Gasteiger partial charge in [0, 0.05) is 0 Å². The molecule has 2 aliphatic rings. The second kappa shape index (κ2) is 10.9. The number of carbonyl (C=O) groups is 2. The highest BCUT2D eigenvalue weighted by Crippen LogP contribution is 2.22. The summed E-state index contributed by atoms with van der Waals surface area (Å²) in [5.74, 6) is -0.566. The molecule has 3 N–H and O–H groups in total. The Bertz CT molecular complexity index is 1120. The van der Waals surface area contributed by atoms with Gasteiger partial charge in [0.2, 0.25) is 0 Å². The summed E-state index contributed by atoms with van der Waals surface area (Å²) >= 11 is 0. The summed E-state index contributed by atoms with van der Waals surface area (Å²) in [6.07, 6.45) is 0. The average molecular weight is 500 g/mol. The third-order valence-electron chi connectivity index (χ3n) is 5.59. The number of ether oxygens (including phenoxy) is 3. The minimum Gasteiger partial charge on any atom is -0.478 e. The van der Waals surface area contributed by atoms with Crippen molar-refractivity contribution in [1.29, 1.82) is 0 Å². The van der Waals surface area contributed by atoms with Crippen LogP contribution < -0.4 is 20.4 Å². The second-order valence-electron chi connectivity index (χ2n) is 9.30. The van der Waals surface area contributed by atoms with Gasteiger partial charge in [-0.25, -0.2) is 9.59 Å². The minimum atomic E-state index is -1.31. The molecule has 10 nitrogen and oxygen atoms in total. The Balaban J connectivity index is 0.000000202. The number of fused-ring (bicyclic) bond motifs is 2.